The molecule has 1 aliphatic rings. The molecule has 1 aliphatic heterocycles. The molecule has 2 heterocycles. The summed E-state index contributed by atoms with van der Waals surface area (Å²) < 4.78 is 5.84. The SMILES string of the molecule is CCNc1ncnc(-c2cccc3c2OCC3)c1C(C)C. The largest absolute Gasteiger partial charge is 0.492 e. The predicted octanol–water partition coefficient (Wildman–Crippen LogP) is 3.63. The van der Waals surface area contributed by atoms with E-state index >= 15 is 0 Å². The molecular formula is C17H21N3O. The number of anilines is 1. The van der Waals surface area contributed by atoms with Crippen molar-refractivity contribution in [3.05, 3.63) is 35.7 Å². The maximum absolute atomic E-state index is 5.84. The molecule has 3 rings (SSSR count). The van der Waals surface area contributed by atoms with Crippen LogP contribution in [0.15, 0.2) is 24.5 Å². The monoisotopic (exact) mass is 283 g/mol. The maximum atomic E-state index is 5.84. The summed E-state index contributed by atoms with van der Waals surface area (Å²) in [7, 11) is 0. The van der Waals surface area contributed by atoms with Crippen molar-refractivity contribution >= 4 is 5.82 Å². The Morgan fingerprint density at radius 3 is 2.90 bits per heavy atom. The minimum absolute atomic E-state index is 0.340. The number of hydrogen-bond donors (Lipinski definition) is 1. The summed E-state index contributed by atoms with van der Waals surface area (Å²) in [6.07, 6.45) is 2.61. The molecule has 110 valence electrons. The van der Waals surface area contributed by atoms with Gasteiger partial charge in [-0.15, -0.1) is 0 Å². The number of benzene rings is 1. The van der Waals surface area contributed by atoms with E-state index < -0.39 is 0 Å². The zero-order valence-electron chi connectivity index (χ0n) is 12.8. The van der Waals surface area contributed by atoms with Crippen molar-refractivity contribution < 1.29 is 4.74 Å². The average Bonchev–Trinajstić information content (AvgIpc) is 2.95. The molecule has 0 radical (unpaired) electrons. The molecule has 0 saturated heterocycles. The third kappa shape index (κ3) is 2.46. The molecule has 0 saturated carbocycles. The molecular weight excluding hydrogens is 262 g/mol. The third-order valence-electron chi connectivity index (χ3n) is 3.77. The fourth-order valence-electron chi connectivity index (χ4n) is 2.87. The predicted molar refractivity (Wildman–Crippen MR) is 84.9 cm³/mol. The van der Waals surface area contributed by atoms with E-state index in [1.165, 1.54) is 5.56 Å². The Balaban J connectivity index is 2.19. The second-order valence-corrected chi connectivity index (χ2v) is 5.56. The minimum atomic E-state index is 0.340. The molecule has 0 aliphatic carbocycles. The summed E-state index contributed by atoms with van der Waals surface area (Å²) in [6.45, 7) is 8.03. The van der Waals surface area contributed by atoms with Crippen molar-refractivity contribution in [1.29, 1.82) is 0 Å². The van der Waals surface area contributed by atoms with Gasteiger partial charge in [0.05, 0.1) is 12.3 Å². The summed E-state index contributed by atoms with van der Waals surface area (Å²) in [5, 5.41) is 3.34. The standard InChI is InChI=1S/C17H21N3O/c1-4-18-17-14(11(2)3)15(19-10-20-17)13-7-5-6-12-8-9-21-16(12)13/h5-7,10-11H,4,8-9H2,1-3H3,(H,18,19,20). The van der Waals surface area contributed by atoms with Gasteiger partial charge in [0.25, 0.3) is 0 Å². The van der Waals surface area contributed by atoms with E-state index in [4.69, 9.17) is 4.74 Å². The van der Waals surface area contributed by atoms with Crippen molar-refractivity contribution in [3.8, 4) is 17.0 Å². The fourth-order valence-corrected chi connectivity index (χ4v) is 2.87. The Labute approximate surface area is 125 Å². The molecule has 4 nitrogen and oxygen atoms in total. The quantitative estimate of drug-likeness (QED) is 0.930. The molecule has 0 fully saturated rings. The van der Waals surface area contributed by atoms with E-state index in [0.29, 0.717) is 5.92 Å². The molecule has 1 aromatic heterocycles. The number of rotatable bonds is 4. The molecule has 0 bridgehead atoms. The lowest BCUT2D eigenvalue weighted by molar-refractivity contribution is 0.358. The Bertz CT molecular complexity index is 652. The highest BCUT2D eigenvalue weighted by molar-refractivity contribution is 5.76. The van der Waals surface area contributed by atoms with Gasteiger partial charge in [0.2, 0.25) is 0 Å². The summed E-state index contributed by atoms with van der Waals surface area (Å²) in [5.41, 5.74) is 4.49. The van der Waals surface area contributed by atoms with E-state index in [0.717, 1.165) is 48.0 Å². The number of ether oxygens (including phenoxy) is 1. The van der Waals surface area contributed by atoms with E-state index in [1.54, 1.807) is 6.33 Å². The van der Waals surface area contributed by atoms with Crippen LogP contribution in [-0.2, 0) is 6.42 Å². The first kappa shape index (κ1) is 13.9. The van der Waals surface area contributed by atoms with Crippen LogP contribution in [0.4, 0.5) is 5.82 Å². The molecule has 0 atom stereocenters. The van der Waals surface area contributed by atoms with Crippen molar-refractivity contribution in [2.24, 2.45) is 0 Å². The van der Waals surface area contributed by atoms with Crippen LogP contribution in [0.25, 0.3) is 11.3 Å². The van der Waals surface area contributed by atoms with Gasteiger partial charge in [-0.05, 0) is 24.5 Å². The number of fused-ring (bicyclic) bond motifs is 1. The van der Waals surface area contributed by atoms with Gasteiger partial charge in [-0.1, -0.05) is 26.0 Å². The molecule has 2 aromatic rings. The third-order valence-corrected chi connectivity index (χ3v) is 3.77. The fraction of sp³-hybridized carbons (Fsp3) is 0.412. The van der Waals surface area contributed by atoms with Crippen molar-refractivity contribution in [1.82, 2.24) is 9.97 Å². The average molecular weight is 283 g/mol. The molecule has 1 aromatic carbocycles. The van der Waals surface area contributed by atoms with E-state index in [9.17, 15) is 0 Å². The highest BCUT2D eigenvalue weighted by Crippen LogP contribution is 2.40. The Kier molecular flexibility index (Phi) is 3.78. The van der Waals surface area contributed by atoms with Crippen LogP contribution in [0.2, 0.25) is 0 Å². The van der Waals surface area contributed by atoms with E-state index in [-0.39, 0.29) is 0 Å². The van der Waals surface area contributed by atoms with Gasteiger partial charge in [0.15, 0.2) is 0 Å². The minimum Gasteiger partial charge on any atom is -0.492 e. The van der Waals surface area contributed by atoms with Crippen LogP contribution in [0.3, 0.4) is 0 Å². The lowest BCUT2D eigenvalue weighted by atomic mass is 9.95. The van der Waals surface area contributed by atoms with Crippen LogP contribution >= 0.6 is 0 Å². The highest BCUT2D eigenvalue weighted by atomic mass is 16.5. The second-order valence-electron chi connectivity index (χ2n) is 5.56. The molecule has 1 N–H and O–H groups in total. The van der Waals surface area contributed by atoms with E-state index in [1.807, 2.05) is 0 Å². The molecule has 0 spiro atoms. The number of nitrogens with one attached hydrogen (secondary N) is 1. The van der Waals surface area contributed by atoms with Crippen LogP contribution < -0.4 is 10.1 Å². The van der Waals surface area contributed by atoms with Gasteiger partial charge < -0.3 is 10.1 Å². The van der Waals surface area contributed by atoms with Gasteiger partial charge in [-0.25, -0.2) is 9.97 Å². The highest BCUT2D eigenvalue weighted by Gasteiger charge is 2.22. The first-order valence-electron chi connectivity index (χ1n) is 7.56. The second kappa shape index (κ2) is 5.72. The number of para-hydroxylation sites is 1. The summed E-state index contributed by atoms with van der Waals surface area (Å²) in [6, 6.07) is 6.31. The van der Waals surface area contributed by atoms with Gasteiger partial charge in [0, 0.05) is 24.1 Å². The summed E-state index contributed by atoms with van der Waals surface area (Å²) in [5.74, 6) is 2.25. The number of aromatic nitrogens is 2. The molecule has 4 heteroatoms. The van der Waals surface area contributed by atoms with E-state index in [2.05, 4.69) is 54.3 Å². The Morgan fingerprint density at radius 1 is 1.29 bits per heavy atom. The van der Waals surface area contributed by atoms with Crippen LogP contribution in [0.1, 0.15) is 37.8 Å². The van der Waals surface area contributed by atoms with Crippen LogP contribution in [-0.4, -0.2) is 23.1 Å². The van der Waals surface area contributed by atoms with Crippen LogP contribution in [0, 0.1) is 0 Å². The smallest absolute Gasteiger partial charge is 0.133 e. The number of hydrogen-bond acceptors (Lipinski definition) is 4. The molecule has 0 unspecified atom stereocenters. The van der Waals surface area contributed by atoms with Gasteiger partial charge in [-0.2, -0.15) is 0 Å². The first-order chi connectivity index (χ1) is 10.2. The molecule has 0 amide bonds. The van der Waals surface area contributed by atoms with Crippen LogP contribution in [0.5, 0.6) is 5.75 Å². The van der Waals surface area contributed by atoms with Crippen molar-refractivity contribution in [2.45, 2.75) is 33.1 Å². The summed E-state index contributed by atoms with van der Waals surface area (Å²) >= 11 is 0. The normalized spacial score (nSPS) is 13.1. The van der Waals surface area contributed by atoms with Crippen molar-refractivity contribution in [2.75, 3.05) is 18.5 Å². The Morgan fingerprint density at radius 2 is 2.14 bits per heavy atom. The van der Waals surface area contributed by atoms with Gasteiger partial charge >= 0.3 is 0 Å². The molecule has 21 heavy (non-hydrogen) atoms. The zero-order chi connectivity index (χ0) is 14.8. The van der Waals surface area contributed by atoms with Gasteiger partial charge in [0.1, 0.15) is 17.9 Å². The zero-order valence-corrected chi connectivity index (χ0v) is 12.8. The topological polar surface area (TPSA) is 47.0 Å². The van der Waals surface area contributed by atoms with Gasteiger partial charge in [-0.3, -0.25) is 0 Å². The summed E-state index contributed by atoms with van der Waals surface area (Å²) in [4.78, 5) is 8.97. The lowest BCUT2D eigenvalue weighted by Gasteiger charge is -2.17. The first-order valence-corrected chi connectivity index (χ1v) is 7.56. The number of nitrogens with zero attached hydrogens (tertiary/aromatic N) is 2. The lowest BCUT2D eigenvalue weighted by Crippen LogP contribution is -2.08. The Hall–Kier alpha value is -2.10. The van der Waals surface area contributed by atoms with Crippen molar-refractivity contribution in [3.63, 3.8) is 0 Å². The maximum Gasteiger partial charge on any atom is 0.133 e.